The van der Waals surface area contributed by atoms with Crippen molar-refractivity contribution in [3.05, 3.63) is 41.2 Å². The van der Waals surface area contributed by atoms with E-state index in [0.29, 0.717) is 11.6 Å². The van der Waals surface area contributed by atoms with Crippen LogP contribution in [0.1, 0.15) is 11.4 Å². The van der Waals surface area contributed by atoms with Gasteiger partial charge in [-0.05, 0) is 24.6 Å². The molecule has 1 aromatic carbocycles. The van der Waals surface area contributed by atoms with Crippen LogP contribution in [-0.4, -0.2) is 20.9 Å². The van der Waals surface area contributed by atoms with Crippen molar-refractivity contribution in [2.45, 2.75) is 13.3 Å². The fraction of sp³-hybridized carbons (Fsp3) is 0.154. The number of nitrogens with one attached hydrogen (secondary N) is 2. The molecule has 5 nitrogen and oxygen atoms in total. The first-order valence-corrected chi connectivity index (χ1v) is 6.73. The number of carbonyl (C=O) groups is 1. The molecule has 0 bridgehead atoms. The number of H-pyrrole nitrogens is 1. The normalized spacial score (nSPS) is 10.8. The molecule has 19 heavy (non-hydrogen) atoms. The zero-order valence-electron chi connectivity index (χ0n) is 10.3. The number of aryl methyl sites for hydroxylation is 1. The predicted molar refractivity (Wildman–Crippen MR) is 75.3 cm³/mol. The number of aromatic nitrogens is 3. The van der Waals surface area contributed by atoms with Gasteiger partial charge in [0, 0.05) is 11.6 Å². The van der Waals surface area contributed by atoms with Gasteiger partial charge in [0.1, 0.15) is 5.82 Å². The Balaban J connectivity index is 1.75. The Bertz CT molecular complexity index is 717. The Morgan fingerprint density at radius 3 is 3.16 bits per heavy atom. The van der Waals surface area contributed by atoms with Gasteiger partial charge in [0.15, 0.2) is 5.13 Å². The number of hydrogen-bond donors (Lipinski definition) is 2. The molecule has 0 saturated heterocycles. The maximum atomic E-state index is 11.9. The molecule has 0 atom stereocenters. The van der Waals surface area contributed by atoms with Gasteiger partial charge in [0.25, 0.3) is 0 Å². The van der Waals surface area contributed by atoms with E-state index in [-0.39, 0.29) is 5.91 Å². The molecule has 0 aliphatic heterocycles. The number of imidazole rings is 1. The van der Waals surface area contributed by atoms with Crippen LogP contribution >= 0.6 is 11.3 Å². The summed E-state index contributed by atoms with van der Waals surface area (Å²) in [6.07, 6.45) is 1.99. The van der Waals surface area contributed by atoms with Crippen molar-refractivity contribution in [2.75, 3.05) is 5.32 Å². The van der Waals surface area contributed by atoms with E-state index in [4.69, 9.17) is 0 Å². The van der Waals surface area contributed by atoms with Crippen molar-refractivity contribution in [1.29, 1.82) is 0 Å². The van der Waals surface area contributed by atoms with Gasteiger partial charge in [0.05, 0.1) is 17.5 Å². The summed E-state index contributed by atoms with van der Waals surface area (Å²) in [5.74, 6) is 0.810. The zero-order chi connectivity index (χ0) is 13.2. The Morgan fingerprint density at radius 2 is 2.37 bits per heavy atom. The second-order valence-corrected chi connectivity index (χ2v) is 5.13. The SMILES string of the molecule is Cc1nc2ccc(CC(=O)Nc3nccs3)cc2[nH]1. The average Bonchev–Trinajstić information content (AvgIpc) is 2.96. The highest BCUT2D eigenvalue weighted by Gasteiger charge is 2.07. The maximum absolute atomic E-state index is 11.9. The number of rotatable bonds is 3. The molecular formula is C13H12N4OS. The molecule has 0 aliphatic carbocycles. The largest absolute Gasteiger partial charge is 0.342 e. The number of nitrogens with zero attached hydrogens (tertiary/aromatic N) is 2. The standard InChI is InChI=1S/C13H12N4OS/c1-8-15-10-3-2-9(6-11(10)16-8)7-12(18)17-13-14-4-5-19-13/h2-6H,7H2,1H3,(H,15,16)(H,14,17,18). The maximum Gasteiger partial charge on any atom is 0.230 e. The number of aromatic amines is 1. The smallest absolute Gasteiger partial charge is 0.230 e. The molecule has 0 radical (unpaired) electrons. The van der Waals surface area contributed by atoms with Crippen LogP contribution in [0, 0.1) is 6.92 Å². The van der Waals surface area contributed by atoms with Crippen LogP contribution in [0.25, 0.3) is 11.0 Å². The van der Waals surface area contributed by atoms with Crippen LogP contribution in [0.4, 0.5) is 5.13 Å². The molecule has 0 aliphatic rings. The van der Waals surface area contributed by atoms with Gasteiger partial charge in [-0.25, -0.2) is 9.97 Å². The van der Waals surface area contributed by atoms with Crippen molar-refractivity contribution >= 4 is 33.4 Å². The number of benzene rings is 1. The summed E-state index contributed by atoms with van der Waals surface area (Å²) < 4.78 is 0. The summed E-state index contributed by atoms with van der Waals surface area (Å²) in [5, 5.41) is 5.22. The van der Waals surface area contributed by atoms with Gasteiger partial charge in [-0.15, -0.1) is 11.3 Å². The Labute approximate surface area is 113 Å². The fourth-order valence-corrected chi connectivity index (χ4v) is 2.47. The lowest BCUT2D eigenvalue weighted by Crippen LogP contribution is -2.14. The summed E-state index contributed by atoms with van der Waals surface area (Å²) >= 11 is 1.41. The van der Waals surface area contributed by atoms with E-state index in [9.17, 15) is 4.79 Å². The molecule has 3 rings (SSSR count). The van der Waals surface area contributed by atoms with Gasteiger partial charge in [-0.1, -0.05) is 6.07 Å². The lowest BCUT2D eigenvalue weighted by atomic mass is 10.1. The quantitative estimate of drug-likeness (QED) is 0.769. The highest BCUT2D eigenvalue weighted by molar-refractivity contribution is 7.13. The van der Waals surface area contributed by atoms with E-state index >= 15 is 0 Å². The lowest BCUT2D eigenvalue weighted by Gasteiger charge is -2.02. The first-order chi connectivity index (χ1) is 9.20. The minimum Gasteiger partial charge on any atom is -0.342 e. The minimum atomic E-state index is -0.0643. The van der Waals surface area contributed by atoms with Gasteiger partial charge >= 0.3 is 0 Å². The Kier molecular flexibility index (Phi) is 3.00. The molecule has 6 heteroatoms. The molecule has 2 heterocycles. The number of carbonyl (C=O) groups excluding carboxylic acids is 1. The van der Waals surface area contributed by atoms with E-state index in [1.165, 1.54) is 11.3 Å². The third-order valence-electron chi connectivity index (χ3n) is 2.71. The zero-order valence-corrected chi connectivity index (χ0v) is 11.1. The van der Waals surface area contributed by atoms with Crippen LogP contribution < -0.4 is 5.32 Å². The Hall–Kier alpha value is -2.21. The molecule has 2 N–H and O–H groups in total. The molecule has 2 aromatic heterocycles. The molecule has 0 spiro atoms. The van der Waals surface area contributed by atoms with Crippen LogP contribution in [0.15, 0.2) is 29.8 Å². The van der Waals surface area contributed by atoms with Gasteiger partial charge in [-0.3, -0.25) is 4.79 Å². The van der Waals surface area contributed by atoms with Crippen molar-refractivity contribution < 1.29 is 4.79 Å². The van der Waals surface area contributed by atoms with E-state index in [1.54, 1.807) is 6.20 Å². The molecule has 3 aromatic rings. The fourth-order valence-electron chi connectivity index (χ4n) is 1.93. The number of amides is 1. The summed E-state index contributed by atoms with van der Waals surface area (Å²) in [5.41, 5.74) is 2.82. The first-order valence-electron chi connectivity index (χ1n) is 5.85. The number of thiazole rings is 1. The summed E-state index contributed by atoms with van der Waals surface area (Å²) in [6.45, 7) is 1.91. The second kappa shape index (κ2) is 4.81. The minimum absolute atomic E-state index is 0.0643. The van der Waals surface area contributed by atoms with Crippen LogP contribution in [0.5, 0.6) is 0 Å². The highest BCUT2D eigenvalue weighted by atomic mass is 32.1. The monoisotopic (exact) mass is 272 g/mol. The van der Waals surface area contributed by atoms with Crippen LogP contribution in [0.2, 0.25) is 0 Å². The van der Waals surface area contributed by atoms with Gasteiger partial charge in [-0.2, -0.15) is 0 Å². The van der Waals surface area contributed by atoms with Crippen molar-refractivity contribution in [1.82, 2.24) is 15.0 Å². The van der Waals surface area contributed by atoms with Gasteiger partial charge in [0.2, 0.25) is 5.91 Å². The van der Waals surface area contributed by atoms with Crippen molar-refractivity contribution in [2.24, 2.45) is 0 Å². The summed E-state index contributed by atoms with van der Waals surface area (Å²) in [6, 6.07) is 5.80. The van der Waals surface area contributed by atoms with Crippen molar-refractivity contribution in [3.63, 3.8) is 0 Å². The van der Waals surface area contributed by atoms with E-state index < -0.39 is 0 Å². The molecule has 0 unspecified atom stereocenters. The number of hydrogen-bond acceptors (Lipinski definition) is 4. The van der Waals surface area contributed by atoms with E-state index in [2.05, 4.69) is 20.3 Å². The first kappa shape index (κ1) is 11.9. The molecular weight excluding hydrogens is 260 g/mol. The third kappa shape index (κ3) is 2.63. The Morgan fingerprint density at radius 1 is 1.47 bits per heavy atom. The summed E-state index contributed by atoms with van der Waals surface area (Å²) in [7, 11) is 0. The highest BCUT2D eigenvalue weighted by Crippen LogP contribution is 2.15. The summed E-state index contributed by atoms with van der Waals surface area (Å²) in [4.78, 5) is 23.4. The third-order valence-corrected chi connectivity index (χ3v) is 3.40. The predicted octanol–water partition coefficient (Wildman–Crippen LogP) is 2.51. The topological polar surface area (TPSA) is 70.7 Å². The number of fused-ring (bicyclic) bond motifs is 1. The number of anilines is 1. The molecule has 0 saturated carbocycles. The molecule has 96 valence electrons. The van der Waals surface area contributed by atoms with Crippen LogP contribution in [-0.2, 0) is 11.2 Å². The molecule has 0 fully saturated rings. The van der Waals surface area contributed by atoms with Crippen LogP contribution in [0.3, 0.4) is 0 Å². The van der Waals surface area contributed by atoms with Gasteiger partial charge < -0.3 is 10.3 Å². The van der Waals surface area contributed by atoms with E-state index in [1.807, 2.05) is 30.5 Å². The van der Waals surface area contributed by atoms with E-state index in [0.717, 1.165) is 22.4 Å². The lowest BCUT2D eigenvalue weighted by molar-refractivity contribution is -0.115. The average molecular weight is 272 g/mol. The second-order valence-electron chi connectivity index (χ2n) is 4.24. The molecule has 1 amide bonds. The van der Waals surface area contributed by atoms with Crippen molar-refractivity contribution in [3.8, 4) is 0 Å².